The van der Waals surface area contributed by atoms with E-state index in [4.69, 9.17) is 21.4 Å². The first-order valence-corrected chi connectivity index (χ1v) is 7.82. The molecule has 124 valence electrons. The van der Waals surface area contributed by atoms with E-state index in [0.717, 1.165) is 5.56 Å². The third-order valence-electron chi connectivity index (χ3n) is 3.45. The summed E-state index contributed by atoms with van der Waals surface area (Å²) in [6, 6.07) is 8.42. The van der Waals surface area contributed by atoms with Crippen LogP contribution >= 0.6 is 12.2 Å². The molecular weight excluding hydrogens is 328 g/mol. The van der Waals surface area contributed by atoms with Gasteiger partial charge in [-0.3, -0.25) is 9.69 Å². The number of benzene rings is 1. The van der Waals surface area contributed by atoms with E-state index in [2.05, 4.69) is 5.32 Å². The third-order valence-corrected chi connectivity index (χ3v) is 3.77. The number of phenols is 1. The maximum absolute atomic E-state index is 12.5. The van der Waals surface area contributed by atoms with Gasteiger partial charge in [0.25, 0.3) is 5.91 Å². The van der Waals surface area contributed by atoms with Crippen molar-refractivity contribution in [1.29, 1.82) is 0 Å². The predicted molar refractivity (Wildman–Crippen MR) is 92.2 cm³/mol. The Morgan fingerprint density at radius 1 is 1.42 bits per heavy atom. The lowest BCUT2D eigenvalue weighted by atomic mass is 10.1. The zero-order valence-corrected chi connectivity index (χ0v) is 13.8. The summed E-state index contributed by atoms with van der Waals surface area (Å²) in [5.74, 6) is 0.839. The van der Waals surface area contributed by atoms with Gasteiger partial charge in [0.2, 0.25) is 0 Å². The molecule has 1 fully saturated rings. The van der Waals surface area contributed by atoms with Crippen LogP contribution in [0.5, 0.6) is 11.5 Å². The Hall–Kier alpha value is -2.80. The van der Waals surface area contributed by atoms with Crippen molar-refractivity contribution in [2.24, 2.45) is 0 Å². The van der Waals surface area contributed by atoms with Crippen LogP contribution in [-0.4, -0.2) is 27.6 Å². The highest BCUT2D eigenvalue weighted by molar-refractivity contribution is 7.80. The summed E-state index contributed by atoms with van der Waals surface area (Å²) in [6.45, 7) is 2.54. The maximum Gasteiger partial charge on any atom is 0.276 e. The van der Waals surface area contributed by atoms with Crippen molar-refractivity contribution in [2.45, 2.75) is 13.5 Å². The van der Waals surface area contributed by atoms with Crippen LogP contribution in [0.2, 0.25) is 0 Å². The third kappa shape index (κ3) is 3.26. The summed E-state index contributed by atoms with van der Waals surface area (Å²) >= 11 is 5.22. The van der Waals surface area contributed by atoms with Gasteiger partial charge in [-0.25, -0.2) is 0 Å². The molecule has 6 nitrogen and oxygen atoms in total. The summed E-state index contributed by atoms with van der Waals surface area (Å²) < 4.78 is 10.6. The van der Waals surface area contributed by atoms with Gasteiger partial charge in [0.15, 0.2) is 16.6 Å². The molecule has 1 aliphatic heterocycles. The monoisotopic (exact) mass is 344 g/mol. The number of ether oxygens (including phenoxy) is 1. The predicted octanol–water partition coefficient (Wildman–Crippen LogP) is 2.64. The average molecular weight is 344 g/mol. The van der Waals surface area contributed by atoms with E-state index in [1.807, 2.05) is 6.92 Å². The van der Waals surface area contributed by atoms with Gasteiger partial charge in [0.1, 0.15) is 11.5 Å². The number of phenolic OH excluding ortho intramolecular Hbond substituents is 1. The molecule has 1 amide bonds. The molecule has 2 heterocycles. The van der Waals surface area contributed by atoms with Gasteiger partial charge in [-0.05, 0) is 55.0 Å². The molecule has 0 saturated carbocycles. The first-order chi connectivity index (χ1) is 11.6. The molecule has 0 aliphatic carbocycles. The van der Waals surface area contributed by atoms with Crippen LogP contribution in [0.3, 0.4) is 0 Å². The Morgan fingerprint density at radius 3 is 2.96 bits per heavy atom. The Balaban J connectivity index is 1.82. The van der Waals surface area contributed by atoms with Crippen molar-refractivity contribution >= 4 is 29.3 Å². The summed E-state index contributed by atoms with van der Waals surface area (Å²) in [5, 5.41) is 13.0. The van der Waals surface area contributed by atoms with Crippen LogP contribution < -0.4 is 10.1 Å². The molecule has 2 N–H and O–H groups in total. The zero-order chi connectivity index (χ0) is 17.1. The second kappa shape index (κ2) is 6.76. The van der Waals surface area contributed by atoms with Crippen molar-refractivity contribution in [3.63, 3.8) is 0 Å². The number of furan rings is 1. The largest absolute Gasteiger partial charge is 0.504 e. The number of carbonyl (C=O) groups is 1. The standard InChI is InChI=1S/C17H16N2O4S/c1-2-22-15-9-11(5-6-14(15)20)8-13-16(21)19(17(24)18-13)10-12-4-3-7-23-12/h3-9,20H,2,10H2,1H3,(H,18,24)/b13-8-. The van der Waals surface area contributed by atoms with Crippen LogP contribution in [0.15, 0.2) is 46.7 Å². The molecule has 7 heteroatoms. The zero-order valence-electron chi connectivity index (χ0n) is 13.0. The van der Waals surface area contributed by atoms with E-state index < -0.39 is 0 Å². The van der Waals surface area contributed by atoms with E-state index >= 15 is 0 Å². The van der Waals surface area contributed by atoms with Gasteiger partial charge in [-0.2, -0.15) is 0 Å². The first-order valence-electron chi connectivity index (χ1n) is 7.41. The molecule has 0 spiro atoms. The number of hydrogen-bond donors (Lipinski definition) is 2. The number of nitrogens with one attached hydrogen (secondary N) is 1. The SMILES string of the molecule is CCOc1cc(/C=C2\NC(=S)N(Cc3ccco3)C2=O)ccc1O. The van der Waals surface area contributed by atoms with Crippen LogP contribution in [-0.2, 0) is 11.3 Å². The fourth-order valence-corrected chi connectivity index (χ4v) is 2.59. The Bertz CT molecular complexity index is 799. The van der Waals surface area contributed by atoms with Crippen molar-refractivity contribution < 1.29 is 19.1 Å². The van der Waals surface area contributed by atoms with E-state index in [9.17, 15) is 9.90 Å². The number of aromatic hydroxyl groups is 1. The van der Waals surface area contributed by atoms with Crippen LogP contribution in [0.4, 0.5) is 0 Å². The molecule has 1 aromatic carbocycles. The number of hydrogen-bond acceptors (Lipinski definition) is 5. The molecule has 1 aromatic heterocycles. The normalized spacial score (nSPS) is 15.9. The molecule has 0 bridgehead atoms. The van der Waals surface area contributed by atoms with Gasteiger partial charge in [-0.15, -0.1) is 0 Å². The van der Waals surface area contributed by atoms with E-state index in [-0.39, 0.29) is 18.2 Å². The van der Waals surface area contributed by atoms with Gasteiger partial charge in [-0.1, -0.05) is 6.07 Å². The van der Waals surface area contributed by atoms with Gasteiger partial charge in [0, 0.05) is 0 Å². The molecule has 0 radical (unpaired) electrons. The second-order valence-electron chi connectivity index (χ2n) is 5.12. The average Bonchev–Trinajstić information content (AvgIpc) is 3.15. The second-order valence-corrected chi connectivity index (χ2v) is 5.51. The Morgan fingerprint density at radius 2 is 2.25 bits per heavy atom. The minimum Gasteiger partial charge on any atom is -0.504 e. The molecule has 24 heavy (non-hydrogen) atoms. The molecule has 3 rings (SSSR count). The molecule has 2 aromatic rings. The lowest BCUT2D eigenvalue weighted by molar-refractivity contribution is -0.122. The topological polar surface area (TPSA) is 74.9 Å². The highest BCUT2D eigenvalue weighted by Gasteiger charge is 2.31. The van der Waals surface area contributed by atoms with Crippen LogP contribution in [0.25, 0.3) is 6.08 Å². The number of nitrogens with zero attached hydrogens (tertiary/aromatic N) is 1. The number of rotatable bonds is 5. The highest BCUT2D eigenvalue weighted by atomic mass is 32.1. The summed E-state index contributed by atoms with van der Waals surface area (Å²) in [6.07, 6.45) is 3.22. The number of thiocarbonyl (C=S) groups is 1. The molecule has 1 saturated heterocycles. The molecule has 1 aliphatic rings. The van der Waals surface area contributed by atoms with Crippen molar-refractivity contribution in [1.82, 2.24) is 10.2 Å². The quantitative estimate of drug-likeness (QED) is 0.642. The lowest BCUT2D eigenvalue weighted by Crippen LogP contribution is -2.29. The Labute approximate surface area is 144 Å². The van der Waals surface area contributed by atoms with Crippen molar-refractivity contribution in [2.75, 3.05) is 6.61 Å². The van der Waals surface area contributed by atoms with E-state index in [1.54, 1.807) is 36.6 Å². The highest BCUT2D eigenvalue weighted by Crippen LogP contribution is 2.28. The van der Waals surface area contributed by atoms with Gasteiger partial charge < -0.3 is 19.6 Å². The lowest BCUT2D eigenvalue weighted by Gasteiger charge is -2.11. The van der Waals surface area contributed by atoms with Crippen molar-refractivity contribution in [3.05, 3.63) is 53.6 Å². The van der Waals surface area contributed by atoms with Crippen LogP contribution in [0.1, 0.15) is 18.2 Å². The number of amides is 1. The molecular formula is C17H16N2O4S. The maximum atomic E-state index is 12.5. The van der Waals surface area contributed by atoms with Crippen LogP contribution in [0, 0.1) is 0 Å². The molecule has 0 unspecified atom stereocenters. The fraction of sp³-hybridized carbons (Fsp3) is 0.176. The minimum atomic E-state index is -0.234. The first kappa shape index (κ1) is 16.1. The van der Waals surface area contributed by atoms with Gasteiger partial charge in [0.05, 0.1) is 19.4 Å². The Kier molecular flexibility index (Phi) is 4.52. The number of carbonyl (C=O) groups excluding carboxylic acids is 1. The summed E-state index contributed by atoms with van der Waals surface area (Å²) in [7, 11) is 0. The fourth-order valence-electron chi connectivity index (χ4n) is 2.33. The van der Waals surface area contributed by atoms with Gasteiger partial charge >= 0.3 is 0 Å². The van der Waals surface area contributed by atoms with E-state index in [0.29, 0.717) is 28.9 Å². The van der Waals surface area contributed by atoms with Crippen molar-refractivity contribution in [3.8, 4) is 11.5 Å². The van der Waals surface area contributed by atoms with E-state index in [1.165, 1.54) is 11.0 Å². The smallest absolute Gasteiger partial charge is 0.276 e. The summed E-state index contributed by atoms with van der Waals surface area (Å²) in [4.78, 5) is 13.9. The summed E-state index contributed by atoms with van der Waals surface area (Å²) in [5.41, 5.74) is 1.08. The molecule has 0 atom stereocenters. The minimum absolute atomic E-state index is 0.0553.